The molecule has 0 aliphatic carbocycles. The van der Waals surface area contributed by atoms with Crippen LogP contribution >= 0.6 is 11.6 Å². The number of ether oxygens (including phenoxy) is 2. The molecule has 0 amide bonds. The summed E-state index contributed by atoms with van der Waals surface area (Å²) in [5, 5.41) is 20.8. The van der Waals surface area contributed by atoms with E-state index in [9.17, 15) is 18.8 Å². The van der Waals surface area contributed by atoms with E-state index in [2.05, 4.69) is 11.1 Å². The van der Waals surface area contributed by atoms with Crippen molar-refractivity contribution in [3.05, 3.63) is 70.3 Å². The van der Waals surface area contributed by atoms with Crippen molar-refractivity contribution in [3.63, 3.8) is 0 Å². The molecule has 3 rings (SSSR count). The topological polar surface area (TPSA) is 123 Å². The van der Waals surface area contributed by atoms with Crippen LogP contribution in [0.15, 0.2) is 52.2 Å². The van der Waals surface area contributed by atoms with Gasteiger partial charge in [0, 0.05) is 6.26 Å². The van der Waals surface area contributed by atoms with Crippen LogP contribution in [0.5, 0.6) is 11.5 Å². The van der Waals surface area contributed by atoms with Crippen LogP contribution in [0.1, 0.15) is 42.7 Å². The third kappa shape index (κ3) is 5.47. The van der Waals surface area contributed by atoms with E-state index in [4.69, 9.17) is 25.5 Å². The monoisotopic (exact) mass is 490 g/mol. The first-order chi connectivity index (χ1) is 15.6. The largest absolute Gasteiger partial charge is 0.491 e. The van der Waals surface area contributed by atoms with Gasteiger partial charge in [-0.1, -0.05) is 30.7 Å². The first kappa shape index (κ1) is 24.6. The number of rotatable bonds is 9. The Balaban J connectivity index is 1.81. The first-order valence-corrected chi connectivity index (χ1v) is 12.3. The minimum absolute atomic E-state index is 0.0950. The zero-order valence-corrected chi connectivity index (χ0v) is 19.9. The van der Waals surface area contributed by atoms with Gasteiger partial charge in [0.15, 0.2) is 32.8 Å². The van der Waals surface area contributed by atoms with E-state index in [1.807, 2.05) is 6.92 Å². The maximum atomic E-state index is 11.7. The number of halogens is 1. The third-order valence-corrected chi connectivity index (χ3v) is 6.23. The van der Waals surface area contributed by atoms with Crippen molar-refractivity contribution in [2.75, 3.05) is 12.9 Å². The molecule has 8 nitrogen and oxygen atoms in total. The zero-order chi connectivity index (χ0) is 24.2. The Kier molecular flexibility index (Phi) is 7.32. The SMILES string of the molecule is CCCOc1c(Cl)cc([C@@](C)(O)c2ccc(OCc3ocnc3S(C)(=O)=O)cc2)cc1C#N. The molecular weight excluding hydrogens is 468 g/mol. The molecule has 3 aromatic rings. The summed E-state index contributed by atoms with van der Waals surface area (Å²) >= 11 is 6.34. The van der Waals surface area contributed by atoms with Crippen LogP contribution < -0.4 is 9.47 Å². The predicted octanol–water partition coefficient (Wildman–Crippen LogP) is 4.23. The van der Waals surface area contributed by atoms with Crippen LogP contribution in [-0.2, 0) is 22.0 Å². The molecule has 1 atom stereocenters. The Bertz CT molecular complexity index is 1280. The predicted molar refractivity (Wildman–Crippen MR) is 121 cm³/mol. The molecule has 0 aliphatic heterocycles. The summed E-state index contributed by atoms with van der Waals surface area (Å²) in [6, 6.07) is 11.8. The fourth-order valence-corrected chi connectivity index (χ4v) is 4.19. The Morgan fingerprint density at radius 3 is 2.52 bits per heavy atom. The smallest absolute Gasteiger partial charge is 0.200 e. The van der Waals surface area contributed by atoms with Crippen molar-refractivity contribution in [1.29, 1.82) is 5.26 Å². The summed E-state index contributed by atoms with van der Waals surface area (Å²) in [7, 11) is -3.53. The Hall–Kier alpha value is -3.06. The van der Waals surface area contributed by atoms with Crippen molar-refractivity contribution in [3.8, 4) is 17.6 Å². The molecule has 33 heavy (non-hydrogen) atoms. The van der Waals surface area contributed by atoms with Crippen molar-refractivity contribution in [2.24, 2.45) is 0 Å². The molecule has 0 saturated carbocycles. The number of aromatic nitrogens is 1. The van der Waals surface area contributed by atoms with E-state index in [-0.39, 0.29) is 28.0 Å². The van der Waals surface area contributed by atoms with Gasteiger partial charge in [0.1, 0.15) is 24.0 Å². The van der Waals surface area contributed by atoms with Gasteiger partial charge in [-0.05, 0) is 48.7 Å². The van der Waals surface area contributed by atoms with Crippen molar-refractivity contribution < 1.29 is 27.4 Å². The quantitative estimate of drug-likeness (QED) is 0.472. The van der Waals surface area contributed by atoms with E-state index in [0.29, 0.717) is 29.2 Å². The van der Waals surface area contributed by atoms with Crippen molar-refractivity contribution >= 4 is 21.4 Å². The second-order valence-electron chi connectivity index (χ2n) is 7.53. The van der Waals surface area contributed by atoms with Crippen LogP contribution in [0.25, 0.3) is 0 Å². The van der Waals surface area contributed by atoms with Crippen LogP contribution in [-0.4, -0.2) is 31.4 Å². The van der Waals surface area contributed by atoms with Crippen LogP contribution in [0.4, 0.5) is 0 Å². The molecular formula is C23H23ClN2O6S. The highest BCUT2D eigenvalue weighted by molar-refractivity contribution is 7.90. The lowest BCUT2D eigenvalue weighted by Crippen LogP contribution is -2.23. The van der Waals surface area contributed by atoms with Gasteiger partial charge in [0.25, 0.3) is 0 Å². The first-order valence-electron chi connectivity index (χ1n) is 10.0. The molecule has 2 aromatic carbocycles. The van der Waals surface area contributed by atoms with Crippen molar-refractivity contribution in [2.45, 2.75) is 37.5 Å². The molecule has 1 N–H and O–H groups in total. The number of hydrogen-bond acceptors (Lipinski definition) is 8. The minimum Gasteiger partial charge on any atom is -0.491 e. The lowest BCUT2D eigenvalue weighted by Gasteiger charge is -2.26. The number of nitriles is 1. The molecule has 0 aliphatic rings. The number of nitrogens with zero attached hydrogens (tertiary/aromatic N) is 2. The summed E-state index contributed by atoms with van der Waals surface area (Å²) in [5.41, 5.74) is -0.250. The van der Waals surface area contributed by atoms with Gasteiger partial charge in [-0.3, -0.25) is 0 Å². The Labute approximate surface area is 197 Å². The van der Waals surface area contributed by atoms with Gasteiger partial charge in [0.2, 0.25) is 0 Å². The highest BCUT2D eigenvalue weighted by Crippen LogP contribution is 2.37. The number of benzene rings is 2. The van der Waals surface area contributed by atoms with Gasteiger partial charge in [-0.2, -0.15) is 5.26 Å². The maximum Gasteiger partial charge on any atom is 0.200 e. The van der Waals surface area contributed by atoms with Gasteiger partial charge in [-0.25, -0.2) is 13.4 Å². The Morgan fingerprint density at radius 2 is 1.91 bits per heavy atom. The normalized spacial score (nSPS) is 13.2. The van der Waals surface area contributed by atoms with Gasteiger partial charge in [-0.15, -0.1) is 0 Å². The number of aliphatic hydroxyl groups is 1. The van der Waals surface area contributed by atoms with Gasteiger partial charge < -0.3 is 19.0 Å². The standard InChI is InChI=1S/C23H23ClN2O6S/c1-4-9-30-21-15(12-25)10-17(11-19(21)24)23(2,27)16-5-7-18(8-6-16)31-13-20-22(26-14-32-20)33(3,28)29/h5-8,10-11,14,27H,4,9,13H2,1-3H3/t23-/m0/s1. The highest BCUT2D eigenvalue weighted by Gasteiger charge is 2.28. The van der Waals surface area contributed by atoms with Gasteiger partial charge >= 0.3 is 0 Å². The molecule has 0 saturated heterocycles. The fraction of sp³-hybridized carbons (Fsp3) is 0.304. The molecule has 1 heterocycles. The molecule has 174 valence electrons. The van der Waals surface area contributed by atoms with E-state index in [0.717, 1.165) is 19.1 Å². The van der Waals surface area contributed by atoms with Crippen LogP contribution in [0, 0.1) is 11.3 Å². The molecule has 0 spiro atoms. The van der Waals surface area contributed by atoms with Crippen LogP contribution in [0.3, 0.4) is 0 Å². The average Bonchev–Trinajstić information content (AvgIpc) is 3.26. The van der Waals surface area contributed by atoms with E-state index in [1.165, 1.54) is 0 Å². The number of hydrogen-bond donors (Lipinski definition) is 1. The van der Waals surface area contributed by atoms with Crippen LogP contribution in [0.2, 0.25) is 5.02 Å². The van der Waals surface area contributed by atoms with E-state index < -0.39 is 15.4 Å². The minimum atomic E-state index is -3.53. The highest BCUT2D eigenvalue weighted by atomic mass is 35.5. The molecule has 0 bridgehead atoms. The summed E-state index contributed by atoms with van der Waals surface area (Å²) in [6.45, 7) is 3.83. The third-order valence-electron chi connectivity index (χ3n) is 4.92. The lowest BCUT2D eigenvalue weighted by molar-refractivity contribution is 0.102. The molecule has 1 aromatic heterocycles. The molecule has 0 radical (unpaired) electrons. The summed E-state index contributed by atoms with van der Waals surface area (Å²) in [5.74, 6) is 0.826. The molecule has 0 unspecified atom stereocenters. The lowest BCUT2D eigenvalue weighted by atomic mass is 9.87. The zero-order valence-electron chi connectivity index (χ0n) is 18.3. The maximum absolute atomic E-state index is 11.7. The number of sulfone groups is 1. The molecule has 0 fully saturated rings. The average molecular weight is 491 g/mol. The second kappa shape index (κ2) is 9.83. The summed E-state index contributed by atoms with van der Waals surface area (Å²) in [6.07, 6.45) is 2.85. The van der Waals surface area contributed by atoms with Crippen molar-refractivity contribution in [1.82, 2.24) is 4.98 Å². The summed E-state index contributed by atoms with van der Waals surface area (Å²) < 4.78 is 39.7. The van der Waals surface area contributed by atoms with Gasteiger partial charge in [0.05, 0.1) is 17.2 Å². The fourth-order valence-electron chi connectivity index (χ4n) is 3.16. The second-order valence-corrected chi connectivity index (χ2v) is 9.87. The summed E-state index contributed by atoms with van der Waals surface area (Å²) in [4.78, 5) is 3.71. The Morgan fingerprint density at radius 1 is 1.21 bits per heavy atom. The number of oxazole rings is 1. The van der Waals surface area contributed by atoms with E-state index >= 15 is 0 Å². The van der Waals surface area contributed by atoms with E-state index in [1.54, 1.807) is 43.3 Å². The molecule has 10 heteroatoms.